The van der Waals surface area contributed by atoms with E-state index in [0.717, 1.165) is 0 Å². The molecule has 2 rings (SSSR count). The summed E-state index contributed by atoms with van der Waals surface area (Å²) in [6, 6.07) is 9.07. The highest BCUT2D eigenvalue weighted by Crippen LogP contribution is 2.03. The summed E-state index contributed by atoms with van der Waals surface area (Å²) in [7, 11) is 1.46. The third kappa shape index (κ3) is 2.08. The summed E-state index contributed by atoms with van der Waals surface area (Å²) in [6.07, 6.45) is 2.96. The Morgan fingerprint density at radius 1 is 1.29 bits per heavy atom. The van der Waals surface area contributed by atoms with Crippen molar-refractivity contribution >= 4 is 5.91 Å². The third-order valence-electron chi connectivity index (χ3n) is 2.32. The third-order valence-corrected chi connectivity index (χ3v) is 2.32. The number of hydrogen-bond donors (Lipinski definition) is 1. The molecule has 0 spiro atoms. The van der Waals surface area contributed by atoms with Crippen LogP contribution in [0.15, 0.2) is 47.5 Å². The highest BCUT2D eigenvalue weighted by molar-refractivity contribution is 5.91. The standard InChI is InChI=1S/C12H11N3O2/c1-13-11(16)10-12(17)15(8-7-14-10)9-5-3-2-4-6-9/h2-8H,1H3,(H,13,16). The van der Waals surface area contributed by atoms with Gasteiger partial charge in [0.1, 0.15) is 0 Å². The van der Waals surface area contributed by atoms with Gasteiger partial charge in [-0.25, -0.2) is 4.98 Å². The van der Waals surface area contributed by atoms with Gasteiger partial charge < -0.3 is 5.32 Å². The Kier molecular flexibility index (Phi) is 3.00. The van der Waals surface area contributed by atoms with Crippen LogP contribution in [0.3, 0.4) is 0 Å². The predicted molar refractivity (Wildman–Crippen MR) is 63.2 cm³/mol. The first-order valence-electron chi connectivity index (χ1n) is 5.09. The van der Waals surface area contributed by atoms with Gasteiger partial charge in [-0.15, -0.1) is 0 Å². The van der Waals surface area contributed by atoms with Gasteiger partial charge in [-0.3, -0.25) is 14.2 Å². The molecule has 0 fully saturated rings. The van der Waals surface area contributed by atoms with Crippen LogP contribution in [-0.4, -0.2) is 22.5 Å². The zero-order valence-electron chi connectivity index (χ0n) is 9.25. The fourth-order valence-corrected chi connectivity index (χ4v) is 1.48. The summed E-state index contributed by atoms with van der Waals surface area (Å²) < 4.78 is 1.39. The number of rotatable bonds is 2. The lowest BCUT2D eigenvalue weighted by atomic mass is 10.3. The van der Waals surface area contributed by atoms with Crippen LogP contribution in [0, 0.1) is 0 Å². The Hall–Kier alpha value is -2.43. The molecule has 1 aromatic heterocycles. The molecule has 0 aliphatic heterocycles. The lowest BCUT2D eigenvalue weighted by Gasteiger charge is -2.06. The van der Waals surface area contributed by atoms with Crippen LogP contribution in [-0.2, 0) is 0 Å². The van der Waals surface area contributed by atoms with E-state index in [1.807, 2.05) is 18.2 Å². The minimum atomic E-state index is -0.486. The summed E-state index contributed by atoms with van der Waals surface area (Å²) >= 11 is 0. The molecular formula is C12H11N3O2. The van der Waals surface area contributed by atoms with Crippen LogP contribution >= 0.6 is 0 Å². The van der Waals surface area contributed by atoms with Crippen molar-refractivity contribution in [2.45, 2.75) is 0 Å². The van der Waals surface area contributed by atoms with Crippen molar-refractivity contribution in [3.05, 3.63) is 58.8 Å². The average molecular weight is 229 g/mol. The number of aromatic nitrogens is 2. The van der Waals surface area contributed by atoms with Crippen LogP contribution in [0.4, 0.5) is 0 Å². The second-order valence-electron chi connectivity index (χ2n) is 3.37. The van der Waals surface area contributed by atoms with Gasteiger partial charge in [0.25, 0.3) is 11.5 Å². The summed E-state index contributed by atoms with van der Waals surface area (Å²) in [4.78, 5) is 27.2. The van der Waals surface area contributed by atoms with Gasteiger partial charge in [-0.05, 0) is 12.1 Å². The SMILES string of the molecule is CNC(=O)c1nccn(-c2ccccc2)c1=O. The molecule has 2 aromatic rings. The molecule has 17 heavy (non-hydrogen) atoms. The van der Waals surface area contributed by atoms with E-state index < -0.39 is 11.5 Å². The highest BCUT2D eigenvalue weighted by Gasteiger charge is 2.12. The topological polar surface area (TPSA) is 64.0 Å². The molecule has 0 aliphatic rings. The summed E-state index contributed by atoms with van der Waals surface area (Å²) in [5, 5.41) is 2.39. The number of hydrogen-bond acceptors (Lipinski definition) is 3. The van der Waals surface area contributed by atoms with E-state index >= 15 is 0 Å². The van der Waals surface area contributed by atoms with Crippen LogP contribution in [0.1, 0.15) is 10.5 Å². The van der Waals surface area contributed by atoms with Crippen molar-refractivity contribution in [2.75, 3.05) is 7.05 Å². The Balaban J connectivity index is 2.58. The van der Waals surface area contributed by atoms with Crippen molar-refractivity contribution in [1.29, 1.82) is 0 Å². The van der Waals surface area contributed by atoms with Gasteiger partial charge in [0, 0.05) is 25.1 Å². The maximum Gasteiger partial charge on any atom is 0.286 e. The van der Waals surface area contributed by atoms with Crippen LogP contribution in [0.25, 0.3) is 5.69 Å². The van der Waals surface area contributed by atoms with Gasteiger partial charge in [0.15, 0.2) is 5.69 Å². The minimum absolute atomic E-state index is 0.112. The van der Waals surface area contributed by atoms with E-state index in [4.69, 9.17) is 0 Å². The number of carbonyl (C=O) groups is 1. The quantitative estimate of drug-likeness (QED) is 0.819. The molecule has 0 saturated carbocycles. The monoisotopic (exact) mass is 229 g/mol. The van der Waals surface area contributed by atoms with Crippen LogP contribution in [0.5, 0.6) is 0 Å². The molecule has 0 aliphatic carbocycles. The fourth-order valence-electron chi connectivity index (χ4n) is 1.48. The second-order valence-corrected chi connectivity index (χ2v) is 3.37. The number of nitrogens with zero attached hydrogens (tertiary/aromatic N) is 2. The molecule has 5 heteroatoms. The number of benzene rings is 1. The molecule has 1 amide bonds. The van der Waals surface area contributed by atoms with E-state index in [1.165, 1.54) is 24.0 Å². The molecule has 0 atom stereocenters. The first-order valence-corrected chi connectivity index (χ1v) is 5.09. The lowest BCUT2D eigenvalue weighted by Crippen LogP contribution is -2.31. The molecular weight excluding hydrogens is 218 g/mol. The molecule has 5 nitrogen and oxygen atoms in total. The Labute approximate surface area is 97.7 Å². The Bertz CT molecular complexity index is 590. The molecule has 1 N–H and O–H groups in total. The molecule has 86 valence electrons. The molecule has 0 saturated heterocycles. The van der Waals surface area contributed by atoms with Crippen molar-refractivity contribution in [3.63, 3.8) is 0 Å². The average Bonchev–Trinajstić information content (AvgIpc) is 2.39. The molecule has 0 unspecified atom stereocenters. The maximum atomic E-state index is 12.0. The lowest BCUT2D eigenvalue weighted by molar-refractivity contribution is 0.0956. The van der Waals surface area contributed by atoms with E-state index in [1.54, 1.807) is 12.1 Å². The van der Waals surface area contributed by atoms with Gasteiger partial charge in [0.05, 0.1) is 0 Å². The number of carbonyl (C=O) groups excluding carboxylic acids is 1. The number of nitrogens with one attached hydrogen (secondary N) is 1. The Morgan fingerprint density at radius 3 is 2.65 bits per heavy atom. The highest BCUT2D eigenvalue weighted by atomic mass is 16.2. The predicted octanol–water partition coefficient (Wildman–Crippen LogP) is 0.592. The number of amides is 1. The van der Waals surface area contributed by atoms with Crippen molar-refractivity contribution in [2.24, 2.45) is 0 Å². The molecule has 1 aromatic carbocycles. The first kappa shape index (κ1) is 11.1. The van der Waals surface area contributed by atoms with Crippen molar-refractivity contribution < 1.29 is 4.79 Å². The van der Waals surface area contributed by atoms with Gasteiger partial charge in [-0.2, -0.15) is 0 Å². The van der Waals surface area contributed by atoms with Crippen molar-refractivity contribution in [3.8, 4) is 5.69 Å². The van der Waals surface area contributed by atoms with Crippen molar-refractivity contribution in [1.82, 2.24) is 14.9 Å². The normalized spacial score (nSPS) is 9.94. The smallest absolute Gasteiger partial charge is 0.286 e. The van der Waals surface area contributed by atoms with Gasteiger partial charge >= 0.3 is 0 Å². The zero-order valence-corrected chi connectivity index (χ0v) is 9.25. The van der Waals surface area contributed by atoms with E-state index in [-0.39, 0.29) is 5.69 Å². The zero-order chi connectivity index (χ0) is 12.3. The van der Waals surface area contributed by atoms with Gasteiger partial charge in [0.2, 0.25) is 0 Å². The maximum absolute atomic E-state index is 12.0. The molecule has 1 heterocycles. The fraction of sp³-hybridized carbons (Fsp3) is 0.0833. The first-order chi connectivity index (χ1) is 8.24. The largest absolute Gasteiger partial charge is 0.354 e. The summed E-state index contributed by atoms with van der Waals surface area (Å²) in [5.41, 5.74) is 0.155. The van der Waals surface area contributed by atoms with E-state index in [2.05, 4.69) is 10.3 Å². The minimum Gasteiger partial charge on any atom is -0.354 e. The van der Waals surface area contributed by atoms with E-state index in [0.29, 0.717) is 5.69 Å². The van der Waals surface area contributed by atoms with E-state index in [9.17, 15) is 9.59 Å². The molecule has 0 radical (unpaired) electrons. The molecule has 0 bridgehead atoms. The summed E-state index contributed by atoms with van der Waals surface area (Å²) in [6.45, 7) is 0. The van der Waals surface area contributed by atoms with Crippen LogP contribution < -0.4 is 10.9 Å². The van der Waals surface area contributed by atoms with Gasteiger partial charge in [-0.1, -0.05) is 18.2 Å². The van der Waals surface area contributed by atoms with Crippen LogP contribution in [0.2, 0.25) is 0 Å². The second kappa shape index (κ2) is 4.61. The Morgan fingerprint density at radius 2 is 2.00 bits per heavy atom. The number of para-hydroxylation sites is 1. The summed E-state index contributed by atoms with van der Waals surface area (Å²) in [5.74, 6) is -0.486.